The van der Waals surface area contributed by atoms with Crippen molar-refractivity contribution >= 4 is 24.0 Å². The molecule has 2 N–H and O–H groups in total. The predicted octanol–water partition coefficient (Wildman–Crippen LogP) is 3.78. The zero-order chi connectivity index (χ0) is 17.5. The highest BCUT2D eigenvalue weighted by Crippen LogP contribution is 2.23. The summed E-state index contributed by atoms with van der Waals surface area (Å²) in [5, 5.41) is 6.13. The van der Waals surface area contributed by atoms with E-state index in [-0.39, 0.29) is 24.4 Å². The second kappa shape index (κ2) is 10.2. The van der Waals surface area contributed by atoms with E-state index in [1.165, 1.54) is 5.56 Å². The van der Waals surface area contributed by atoms with Crippen molar-refractivity contribution in [2.45, 2.75) is 25.3 Å². The van der Waals surface area contributed by atoms with Crippen molar-refractivity contribution in [1.82, 2.24) is 5.32 Å². The molecule has 1 aliphatic heterocycles. The SMILES string of the molecule is COCCc1ccc(Oc2ccc(NC(=O)C3CCCN3)cc2)cc1.Cl. The van der Waals surface area contributed by atoms with Gasteiger partial charge in [-0.15, -0.1) is 12.4 Å². The topological polar surface area (TPSA) is 59.6 Å². The minimum Gasteiger partial charge on any atom is -0.457 e. The van der Waals surface area contributed by atoms with Crippen LogP contribution in [0.2, 0.25) is 0 Å². The van der Waals surface area contributed by atoms with Gasteiger partial charge in [0.05, 0.1) is 12.6 Å². The van der Waals surface area contributed by atoms with Crippen molar-refractivity contribution in [3.05, 3.63) is 54.1 Å². The van der Waals surface area contributed by atoms with E-state index >= 15 is 0 Å². The number of hydrogen-bond acceptors (Lipinski definition) is 4. The first-order valence-electron chi connectivity index (χ1n) is 8.64. The van der Waals surface area contributed by atoms with Crippen LogP contribution >= 0.6 is 12.4 Å². The van der Waals surface area contributed by atoms with E-state index in [0.29, 0.717) is 6.61 Å². The molecule has 0 bridgehead atoms. The number of hydrogen-bond donors (Lipinski definition) is 2. The molecule has 1 aliphatic rings. The monoisotopic (exact) mass is 376 g/mol. The number of halogens is 1. The van der Waals surface area contributed by atoms with E-state index in [2.05, 4.69) is 10.6 Å². The highest BCUT2D eigenvalue weighted by Gasteiger charge is 2.21. The molecular formula is C20H25ClN2O3. The molecule has 2 aromatic carbocycles. The second-order valence-electron chi connectivity index (χ2n) is 6.15. The third kappa shape index (κ3) is 5.73. The summed E-state index contributed by atoms with van der Waals surface area (Å²) in [6.45, 7) is 1.62. The average molecular weight is 377 g/mol. The number of benzene rings is 2. The van der Waals surface area contributed by atoms with Gasteiger partial charge in [-0.1, -0.05) is 12.1 Å². The molecular weight excluding hydrogens is 352 g/mol. The maximum atomic E-state index is 12.1. The van der Waals surface area contributed by atoms with Gasteiger partial charge in [0.25, 0.3) is 0 Å². The number of nitrogens with one attached hydrogen (secondary N) is 2. The first-order chi connectivity index (χ1) is 12.2. The van der Waals surface area contributed by atoms with E-state index in [9.17, 15) is 4.79 Å². The third-order valence-corrected chi connectivity index (χ3v) is 4.25. The van der Waals surface area contributed by atoms with Crippen LogP contribution < -0.4 is 15.4 Å². The van der Waals surface area contributed by atoms with Crippen LogP contribution in [0.3, 0.4) is 0 Å². The molecule has 0 aromatic heterocycles. The van der Waals surface area contributed by atoms with Crippen LogP contribution in [-0.2, 0) is 16.0 Å². The van der Waals surface area contributed by atoms with Crippen molar-refractivity contribution in [2.24, 2.45) is 0 Å². The van der Waals surface area contributed by atoms with Crippen LogP contribution in [0.4, 0.5) is 5.69 Å². The fraction of sp³-hybridized carbons (Fsp3) is 0.350. The number of amides is 1. The lowest BCUT2D eigenvalue weighted by molar-refractivity contribution is -0.117. The van der Waals surface area contributed by atoms with E-state index in [4.69, 9.17) is 9.47 Å². The van der Waals surface area contributed by atoms with Crippen molar-refractivity contribution in [3.8, 4) is 11.5 Å². The molecule has 0 saturated carbocycles. The lowest BCUT2D eigenvalue weighted by atomic mass is 10.1. The zero-order valence-corrected chi connectivity index (χ0v) is 15.7. The Balaban J connectivity index is 0.00000243. The first-order valence-corrected chi connectivity index (χ1v) is 8.64. The molecule has 140 valence electrons. The second-order valence-corrected chi connectivity index (χ2v) is 6.15. The molecule has 3 rings (SSSR count). The number of carbonyl (C=O) groups is 1. The molecule has 1 fully saturated rings. The van der Waals surface area contributed by atoms with Gasteiger partial charge in [0.15, 0.2) is 0 Å². The maximum absolute atomic E-state index is 12.1. The smallest absolute Gasteiger partial charge is 0.241 e. The fourth-order valence-electron chi connectivity index (χ4n) is 2.82. The molecule has 1 saturated heterocycles. The molecule has 26 heavy (non-hydrogen) atoms. The molecule has 0 radical (unpaired) electrons. The van der Waals surface area contributed by atoms with Crippen molar-refractivity contribution < 1.29 is 14.3 Å². The van der Waals surface area contributed by atoms with Gasteiger partial charge in [-0.25, -0.2) is 0 Å². The summed E-state index contributed by atoms with van der Waals surface area (Å²) in [6.07, 6.45) is 2.84. The van der Waals surface area contributed by atoms with Gasteiger partial charge in [-0.3, -0.25) is 4.79 Å². The quantitative estimate of drug-likeness (QED) is 0.772. The largest absolute Gasteiger partial charge is 0.457 e. The van der Waals surface area contributed by atoms with Crippen molar-refractivity contribution in [3.63, 3.8) is 0 Å². The van der Waals surface area contributed by atoms with Gasteiger partial charge < -0.3 is 20.1 Å². The number of ether oxygens (including phenoxy) is 2. The van der Waals surface area contributed by atoms with Crippen LogP contribution in [0, 0.1) is 0 Å². The number of rotatable bonds is 7. The Labute approximate surface area is 160 Å². The molecule has 5 nitrogen and oxygen atoms in total. The summed E-state index contributed by atoms with van der Waals surface area (Å²) >= 11 is 0. The first kappa shape index (κ1) is 20.2. The summed E-state index contributed by atoms with van der Waals surface area (Å²) in [7, 11) is 1.70. The van der Waals surface area contributed by atoms with Crippen LogP contribution in [-0.4, -0.2) is 32.2 Å². The molecule has 2 aromatic rings. The normalized spacial score (nSPS) is 16.0. The lowest BCUT2D eigenvalue weighted by Gasteiger charge is -2.12. The molecule has 1 heterocycles. The Kier molecular flexibility index (Phi) is 7.91. The molecule has 1 atom stereocenters. The van der Waals surface area contributed by atoms with Gasteiger partial charge in [0.1, 0.15) is 11.5 Å². The van der Waals surface area contributed by atoms with Crippen LogP contribution in [0.5, 0.6) is 11.5 Å². The van der Waals surface area contributed by atoms with Gasteiger partial charge in [0.2, 0.25) is 5.91 Å². The van der Waals surface area contributed by atoms with Crippen LogP contribution in [0.15, 0.2) is 48.5 Å². The number of methoxy groups -OCH3 is 1. The van der Waals surface area contributed by atoms with E-state index in [1.54, 1.807) is 7.11 Å². The minimum absolute atomic E-state index is 0. The summed E-state index contributed by atoms with van der Waals surface area (Å²) in [4.78, 5) is 12.1. The molecule has 6 heteroatoms. The van der Waals surface area contributed by atoms with Gasteiger partial charge >= 0.3 is 0 Å². The average Bonchev–Trinajstić information content (AvgIpc) is 3.18. The fourth-order valence-corrected chi connectivity index (χ4v) is 2.82. The van der Waals surface area contributed by atoms with Crippen LogP contribution in [0.1, 0.15) is 18.4 Å². The number of anilines is 1. The molecule has 1 amide bonds. The van der Waals surface area contributed by atoms with Gasteiger partial charge in [-0.05, 0) is 67.8 Å². The third-order valence-electron chi connectivity index (χ3n) is 4.25. The molecule has 1 unspecified atom stereocenters. The molecule has 0 aliphatic carbocycles. The summed E-state index contributed by atoms with van der Waals surface area (Å²) in [5.74, 6) is 1.55. The van der Waals surface area contributed by atoms with Gasteiger partial charge in [-0.2, -0.15) is 0 Å². The van der Waals surface area contributed by atoms with E-state index in [1.807, 2.05) is 48.5 Å². The Bertz CT molecular complexity index is 683. The highest BCUT2D eigenvalue weighted by atomic mass is 35.5. The Morgan fingerprint density at radius 2 is 1.77 bits per heavy atom. The zero-order valence-electron chi connectivity index (χ0n) is 14.9. The summed E-state index contributed by atoms with van der Waals surface area (Å²) in [6, 6.07) is 15.3. The predicted molar refractivity (Wildman–Crippen MR) is 105 cm³/mol. The molecule has 0 spiro atoms. The maximum Gasteiger partial charge on any atom is 0.241 e. The van der Waals surface area contributed by atoms with Gasteiger partial charge in [0, 0.05) is 12.8 Å². The van der Waals surface area contributed by atoms with Crippen molar-refractivity contribution in [1.29, 1.82) is 0 Å². The standard InChI is InChI=1S/C20H24N2O3.ClH/c1-24-14-12-15-4-8-17(9-5-15)25-18-10-6-16(7-11-18)22-20(23)19-3-2-13-21-19;/h4-11,19,21H,2-3,12-14H2,1H3,(H,22,23);1H. The van der Waals surface area contributed by atoms with Crippen molar-refractivity contribution in [2.75, 3.05) is 25.6 Å². The summed E-state index contributed by atoms with van der Waals surface area (Å²) < 4.78 is 10.9. The Morgan fingerprint density at radius 3 is 2.35 bits per heavy atom. The minimum atomic E-state index is -0.0763. The van der Waals surface area contributed by atoms with E-state index < -0.39 is 0 Å². The summed E-state index contributed by atoms with van der Waals surface area (Å²) in [5.41, 5.74) is 1.99. The highest BCUT2D eigenvalue weighted by molar-refractivity contribution is 5.95. The lowest BCUT2D eigenvalue weighted by Crippen LogP contribution is -2.35. The number of carbonyl (C=O) groups excluding carboxylic acids is 1. The van der Waals surface area contributed by atoms with E-state index in [0.717, 1.165) is 43.0 Å². The van der Waals surface area contributed by atoms with Crippen LogP contribution in [0.25, 0.3) is 0 Å². The Morgan fingerprint density at radius 1 is 1.12 bits per heavy atom. The Hall–Kier alpha value is -2.08.